The molecule has 0 aliphatic heterocycles. The van der Waals surface area contributed by atoms with Crippen LogP contribution in [0.25, 0.3) is 0 Å². The number of aromatic nitrogens is 2. The van der Waals surface area contributed by atoms with Crippen molar-refractivity contribution >= 4 is 11.9 Å². The number of hydrazone groups is 1. The second kappa shape index (κ2) is 7.69. The van der Waals surface area contributed by atoms with Gasteiger partial charge in [-0.05, 0) is 36.2 Å². The Morgan fingerprint density at radius 2 is 1.89 bits per heavy atom. The number of aryl methyl sites for hydroxylation is 1. The van der Waals surface area contributed by atoms with Gasteiger partial charge < -0.3 is 5.11 Å². The minimum Gasteiger partial charge on any atom is -0.494 e. The van der Waals surface area contributed by atoms with Crippen LogP contribution in [0.4, 0.5) is 10.1 Å². The van der Waals surface area contributed by atoms with Gasteiger partial charge in [-0.15, -0.1) is 0 Å². The number of para-hydroxylation sites is 1. The first kappa shape index (κ1) is 18.1. The molecule has 0 bridgehead atoms. The van der Waals surface area contributed by atoms with Crippen molar-refractivity contribution < 1.29 is 9.50 Å². The summed E-state index contributed by atoms with van der Waals surface area (Å²) in [5.41, 5.74) is 3.36. The molecular formula is C19H17FN4O3. The number of nitrogens with one attached hydrogen (secondary N) is 2. The molecule has 0 saturated carbocycles. The smallest absolute Gasteiger partial charge is 0.331 e. The lowest BCUT2D eigenvalue weighted by Gasteiger charge is -2.10. The molecule has 0 spiro atoms. The minimum atomic E-state index is -0.772. The quantitative estimate of drug-likeness (QED) is 0.475. The van der Waals surface area contributed by atoms with Gasteiger partial charge in [0.2, 0.25) is 5.88 Å². The largest absolute Gasteiger partial charge is 0.494 e. The van der Waals surface area contributed by atoms with Crippen LogP contribution in [-0.2, 0) is 6.54 Å². The van der Waals surface area contributed by atoms with Gasteiger partial charge in [0.1, 0.15) is 11.4 Å². The topological polar surface area (TPSA) is 99.5 Å². The predicted octanol–water partition coefficient (Wildman–Crippen LogP) is 2.18. The second-order valence-corrected chi connectivity index (χ2v) is 5.89. The number of anilines is 1. The van der Waals surface area contributed by atoms with Crippen LogP contribution in [0.5, 0.6) is 5.88 Å². The predicted molar refractivity (Wildman–Crippen MR) is 101 cm³/mol. The van der Waals surface area contributed by atoms with E-state index < -0.39 is 22.9 Å². The van der Waals surface area contributed by atoms with Crippen LogP contribution in [-0.4, -0.2) is 20.9 Å². The Kier molecular flexibility index (Phi) is 5.16. The monoisotopic (exact) mass is 368 g/mol. The van der Waals surface area contributed by atoms with Crippen LogP contribution < -0.4 is 16.7 Å². The Morgan fingerprint density at radius 3 is 2.59 bits per heavy atom. The van der Waals surface area contributed by atoms with Gasteiger partial charge in [-0.3, -0.25) is 19.8 Å². The summed E-state index contributed by atoms with van der Waals surface area (Å²) in [5.74, 6) is -0.935. The lowest BCUT2D eigenvalue weighted by molar-refractivity contribution is 0.408. The molecule has 0 aliphatic carbocycles. The van der Waals surface area contributed by atoms with Gasteiger partial charge >= 0.3 is 5.69 Å². The van der Waals surface area contributed by atoms with Crippen LogP contribution in [0.15, 0.2) is 63.2 Å². The third kappa shape index (κ3) is 4.12. The summed E-state index contributed by atoms with van der Waals surface area (Å²) in [6.07, 6.45) is 1.14. The number of nitrogens with zero attached hydrogens (tertiary/aromatic N) is 2. The van der Waals surface area contributed by atoms with Crippen molar-refractivity contribution in [2.45, 2.75) is 13.5 Å². The molecule has 0 unspecified atom stereocenters. The Hall–Kier alpha value is -3.68. The molecule has 1 heterocycles. The highest BCUT2D eigenvalue weighted by Gasteiger charge is 2.13. The molecule has 0 atom stereocenters. The number of rotatable bonds is 5. The zero-order valence-corrected chi connectivity index (χ0v) is 14.4. The molecule has 8 heteroatoms. The van der Waals surface area contributed by atoms with E-state index in [0.29, 0.717) is 5.56 Å². The molecule has 1 aromatic heterocycles. The van der Waals surface area contributed by atoms with Crippen molar-refractivity contribution in [2.75, 3.05) is 5.43 Å². The maximum absolute atomic E-state index is 13.0. The number of hydrogen-bond donors (Lipinski definition) is 3. The van der Waals surface area contributed by atoms with Gasteiger partial charge in [0.05, 0.1) is 18.4 Å². The average molecular weight is 368 g/mol. The highest BCUT2D eigenvalue weighted by molar-refractivity contribution is 5.82. The molecule has 7 nitrogen and oxygen atoms in total. The molecule has 3 N–H and O–H groups in total. The fourth-order valence-corrected chi connectivity index (χ4v) is 2.48. The van der Waals surface area contributed by atoms with E-state index in [1.807, 2.05) is 31.2 Å². The Balaban J connectivity index is 1.90. The first-order chi connectivity index (χ1) is 13.0. The van der Waals surface area contributed by atoms with E-state index in [9.17, 15) is 19.1 Å². The summed E-state index contributed by atoms with van der Waals surface area (Å²) in [6.45, 7) is 1.86. The lowest BCUT2D eigenvalue weighted by Crippen LogP contribution is -2.32. The maximum Gasteiger partial charge on any atom is 0.331 e. The zero-order chi connectivity index (χ0) is 19.4. The molecule has 138 valence electrons. The van der Waals surface area contributed by atoms with E-state index in [0.717, 1.165) is 22.0 Å². The summed E-state index contributed by atoms with van der Waals surface area (Å²) in [7, 11) is 0. The third-order valence-corrected chi connectivity index (χ3v) is 3.98. The summed E-state index contributed by atoms with van der Waals surface area (Å²) in [6, 6.07) is 12.9. The fraction of sp³-hybridized carbons (Fsp3) is 0.105. The highest BCUT2D eigenvalue weighted by atomic mass is 19.1. The molecule has 0 aliphatic rings. The van der Waals surface area contributed by atoms with Crippen molar-refractivity contribution in [2.24, 2.45) is 5.10 Å². The number of halogens is 1. The SMILES string of the molecule is Cc1ccccc1NN=Cc1c(O)n(Cc2ccc(F)cc2)c(=O)[nH]c1=O. The van der Waals surface area contributed by atoms with Crippen molar-refractivity contribution in [3.63, 3.8) is 0 Å². The van der Waals surface area contributed by atoms with Crippen molar-refractivity contribution in [3.8, 4) is 5.88 Å². The third-order valence-electron chi connectivity index (χ3n) is 3.98. The second-order valence-electron chi connectivity index (χ2n) is 5.89. The summed E-state index contributed by atoms with van der Waals surface area (Å²) in [4.78, 5) is 26.2. The molecular weight excluding hydrogens is 351 g/mol. The molecule has 0 radical (unpaired) electrons. The Bertz CT molecular complexity index is 1100. The molecule has 27 heavy (non-hydrogen) atoms. The van der Waals surface area contributed by atoms with Gasteiger partial charge in [0.15, 0.2) is 0 Å². The molecule has 3 rings (SSSR count). The Morgan fingerprint density at radius 1 is 1.19 bits per heavy atom. The normalized spacial score (nSPS) is 11.0. The van der Waals surface area contributed by atoms with E-state index in [1.165, 1.54) is 24.3 Å². The molecule has 3 aromatic rings. The minimum absolute atomic E-state index is 0.0339. The summed E-state index contributed by atoms with van der Waals surface area (Å²) < 4.78 is 14.0. The first-order valence-corrected chi connectivity index (χ1v) is 8.11. The van der Waals surface area contributed by atoms with Crippen molar-refractivity contribution in [1.29, 1.82) is 0 Å². The van der Waals surface area contributed by atoms with Gasteiger partial charge in [-0.25, -0.2) is 9.18 Å². The molecule has 0 fully saturated rings. The fourth-order valence-electron chi connectivity index (χ4n) is 2.48. The van der Waals surface area contributed by atoms with Crippen LogP contribution in [0, 0.1) is 12.7 Å². The molecule has 0 amide bonds. The number of benzene rings is 2. The van der Waals surface area contributed by atoms with Crippen LogP contribution in [0.2, 0.25) is 0 Å². The van der Waals surface area contributed by atoms with Gasteiger partial charge in [-0.1, -0.05) is 30.3 Å². The Labute approximate surface area is 153 Å². The number of H-pyrrole nitrogens is 1. The van der Waals surface area contributed by atoms with Gasteiger partial charge in [0, 0.05) is 0 Å². The van der Waals surface area contributed by atoms with E-state index in [1.54, 1.807) is 0 Å². The number of aromatic hydroxyl groups is 1. The number of hydrogen-bond acceptors (Lipinski definition) is 5. The van der Waals surface area contributed by atoms with Crippen LogP contribution in [0.1, 0.15) is 16.7 Å². The van der Waals surface area contributed by atoms with Crippen LogP contribution >= 0.6 is 0 Å². The summed E-state index contributed by atoms with van der Waals surface area (Å²) in [5, 5.41) is 14.3. The molecule has 0 saturated heterocycles. The van der Waals surface area contributed by atoms with Crippen molar-refractivity contribution in [1.82, 2.24) is 9.55 Å². The zero-order valence-electron chi connectivity index (χ0n) is 14.4. The maximum atomic E-state index is 13.0. The highest BCUT2D eigenvalue weighted by Crippen LogP contribution is 2.14. The standard InChI is InChI=1S/C19H17FN4O3/c1-12-4-2-3-5-16(12)23-21-10-15-17(25)22-19(27)24(18(15)26)11-13-6-8-14(20)9-7-13/h2-10,23,26H,11H2,1H3,(H,22,25,27). The lowest BCUT2D eigenvalue weighted by atomic mass is 10.2. The van der Waals surface area contributed by atoms with E-state index >= 15 is 0 Å². The van der Waals surface area contributed by atoms with Crippen molar-refractivity contribution in [3.05, 3.63) is 91.9 Å². The number of aromatic amines is 1. The van der Waals surface area contributed by atoms with E-state index in [4.69, 9.17) is 0 Å². The van der Waals surface area contributed by atoms with Crippen LogP contribution in [0.3, 0.4) is 0 Å². The average Bonchev–Trinajstić information content (AvgIpc) is 2.64. The molecule has 2 aromatic carbocycles. The van der Waals surface area contributed by atoms with E-state index in [-0.39, 0.29) is 12.1 Å². The van der Waals surface area contributed by atoms with Gasteiger partial charge in [-0.2, -0.15) is 5.10 Å². The van der Waals surface area contributed by atoms with Gasteiger partial charge in [0.25, 0.3) is 5.56 Å². The summed E-state index contributed by atoms with van der Waals surface area (Å²) >= 11 is 0. The first-order valence-electron chi connectivity index (χ1n) is 8.11. The van der Waals surface area contributed by atoms with E-state index in [2.05, 4.69) is 15.5 Å².